The Morgan fingerprint density at radius 2 is 1.65 bits per heavy atom. The Labute approximate surface area is 325 Å². The normalized spacial score (nSPS) is 14.3. The second-order valence-corrected chi connectivity index (χ2v) is 15.0. The second-order valence-electron chi connectivity index (χ2n) is 13.9. The lowest BCUT2D eigenvalue weighted by atomic mass is 10.0. The number of rotatable bonds is 10. The van der Waals surface area contributed by atoms with E-state index in [1.165, 1.54) is 13.4 Å². The van der Waals surface area contributed by atoms with Crippen molar-refractivity contribution in [1.82, 2.24) is 25.2 Å². The molecule has 1 saturated heterocycles. The summed E-state index contributed by atoms with van der Waals surface area (Å²) in [6.45, 7) is 8.30. The maximum Gasteiger partial charge on any atom is 0.407 e. The van der Waals surface area contributed by atoms with Crippen LogP contribution in [-0.4, -0.2) is 63.5 Å². The standard InChI is InChI=1S/C42H44N8O4S/c1-25(2)33-20-19-32-38(47-33)44-24-45-39(32)48-34-23-28(12-21-36(34)55-31-17-13-29(43)14-18-31)9-8-27-10-15-30(16-11-27)46-40(51)35-7-6-22-50(35)41(52)37(26(3)4)49-42(53)54-5/h10-21,23-26,35,37H,6-7,22,43H2,1-5H3,(H,46,51)(H,49,53)(H,44,45,47,48)/t35-,37-/m0/s1. The molecule has 0 radical (unpaired) electrons. The summed E-state index contributed by atoms with van der Waals surface area (Å²) in [7, 11) is 1.25. The number of nitrogens with one attached hydrogen (secondary N) is 3. The predicted octanol–water partition coefficient (Wildman–Crippen LogP) is 7.34. The highest BCUT2D eigenvalue weighted by Gasteiger charge is 2.38. The fourth-order valence-corrected chi connectivity index (χ4v) is 7.03. The molecule has 1 aliphatic heterocycles. The number of pyridine rings is 1. The molecule has 1 fully saturated rings. The van der Waals surface area contributed by atoms with Gasteiger partial charge in [0.25, 0.3) is 0 Å². The summed E-state index contributed by atoms with van der Waals surface area (Å²) in [6.07, 6.45) is 2.04. The number of hydrogen-bond acceptors (Lipinski definition) is 10. The maximum absolute atomic E-state index is 13.4. The second kappa shape index (κ2) is 17.3. The fraction of sp³-hybridized carbons (Fsp3) is 0.286. The number of methoxy groups -OCH3 is 1. The molecule has 6 rings (SSSR count). The van der Waals surface area contributed by atoms with Crippen LogP contribution in [0.5, 0.6) is 0 Å². The molecule has 0 spiro atoms. The molecule has 5 aromatic rings. The van der Waals surface area contributed by atoms with Crippen molar-refractivity contribution in [2.24, 2.45) is 5.92 Å². The third-order valence-electron chi connectivity index (χ3n) is 9.18. The fourth-order valence-electron chi connectivity index (χ4n) is 6.15. The number of amides is 3. The van der Waals surface area contributed by atoms with Gasteiger partial charge in [-0.1, -0.05) is 51.3 Å². The van der Waals surface area contributed by atoms with Crippen LogP contribution in [0.15, 0.2) is 95.0 Å². The van der Waals surface area contributed by atoms with Gasteiger partial charge in [0.2, 0.25) is 11.8 Å². The molecule has 282 valence electrons. The number of likely N-dealkylation sites (tertiary alicyclic amines) is 1. The van der Waals surface area contributed by atoms with Crippen molar-refractivity contribution in [3.05, 3.63) is 102 Å². The van der Waals surface area contributed by atoms with E-state index in [4.69, 9.17) is 15.5 Å². The van der Waals surface area contributed by atoms with Gasteiger partial charge < -0.3 is 31.3 Å². The summed E-state index contributed by atoms with van der Waals surface area (Å²) < 4.78 is 4.70. The first-order valence-corrected chi connectivity index (χ1v) is 18.9. The molecule has 13 heteroatoms. The Hall–Kier alpha value is -6.13. The van der Waals surface area contributed by atoms with Crippen LogP contribution in [0, 0.1) is 17.8 Å². The molecule has 0 saturated carbocycles. The summed E-state index contributed by atoms with van der Waals surface area (Å²) in [5.41, 5.74) is 11.2. The van der Waals surface area contributed by atoms with E-state index in [-0.39, 0.29) is 23.7 Å². The molecule has 3 heterocycles. The summed E-state index contributed by atoms with van der Waals surface area (Å²) >= 11 is 1.60. The Morgan fingerprint density at radius 3 is 2.36 bits per heavy atom. The van der Waals surface area contributed by atoms with Crippen LogP contribution < -0.4 is 21.7 Å². The van der Waals surface area contributed by atoms with Gasteiger partial charge in [0.05, 0.1) is 18.2 Å². The summed E-state index contributed by atoms with van der Waals surface area (Å²) in [5.74, 6) is 6.63. The minimum atomic E-state index is -0.799. The van der Waals surface area contributed by atoms with Crippen LogP contribution in [0.1, 0.15) is 63.3 Å². The smallest absolute Gasteiger partial charge is 0.407 e. The van der Waals surface area contributed by atoms with Gasteiger partial charge in [-0.05, 0) is 104 Å². The minimum Gasteiger partial charge on any atom is -0.453 e. The summed E-state index contributed by atoms with van der Waals surface area (Å²) in [5, 5.41) is 9.88. The average molecular weight is 757 g/mol. The van der Waals surface area contributed by atoms with Gasteiger partial charge >= 0.3 is 6.09 Å². The Kier molecular flexibility index (Phi) is 12.2. The number of aromatic nitrogens is 3. The number of fused-ring (bicyclic) bond motifs is 1. The van der Waals surface area contributed by atoms with Gasteiger partial charge in [-0.15, -0.1) is 0 Å². The van der Waals surface area contributed by atoms with Crippen molar-refractivity contribution in [2.45, 2.75) is 68.3 Å². The van der Waals surface area contributed by atoms with Crippen molar-refractivity contribution < 1.29 is 19.1 Å². The van der Waals surface area contributed by atoms with E-state index in [1.54, 1.807) is 28.8 Å². The number of hydrogen-bond donors (Lipinski definition) is 4. The van der Waals surface area contributed by atoms with E-state index in [9.17, 15) is 14.4 Å². The molecule has 3 amide bonds. The Morgan fingerprint density at radius 1 is 0.927 bits per heavy atom. The molecule has 2 aromatic heterocycles. The lowest BCUT2D eigenvalue weighted by Gasteiger charge is -2.30. The largest absolute Gasteiger partial charge is 0.453 e. The number of anilines is 4. The number of benzene rings is 3. The zero-order chi connectivity index (χ0) is 39.1. The van der Waals surface area contributed by atoms with Gasteiger partial charge in [-0.25, -0.2) is 19.7 Å². The number of nitrogen functional groups attached to an aromatic ring is 1. The molecule has 3 aromatic carbocycles. The van der Waals surface area contributed by atoms with Crippen LogP contribution in [0.25, 0.3) is 11.0 Å². The van der Waals surface area contributed by atoms with E-state index >= 15 is 0 Å². The quantitative estimate of drug-likeness (QED) is 0.0838. The van der Waals surface area contributed by atoms with Gasteiger partial charge in [0.1, 0.15) is 24.2 Å². The summed E-state index contributed by atoms with van der Waals surface area (Å²) in [4.78, 5) is 55.9. The minimum absolute atomic E-state index is 0.187. The molecular weight excluding hydrogens is 713 g/mol. The van der Waals surface area contributed by atoms with Crippen molar-refractivity contribution in [1.29, 1.82) is 0 Å². The van der Waals surface area contributed by atoms with Crippen molar-refractivity contribution in [2.75, 3.05) is 30.0 Å². The molecule has 5 N–H and O–H groups in total. The highest BCUT2D eigenvalue weighted by molar-refractivity contribution is 7.99. The molecule has 0 aliphatic carbocycles. The van der Waals surface area contributed by atoms with Crippen molar-refractivity contribution in [3.63, 3.8) is 0 Å². The third-order valence-corrected chi connectivity index (χ3v) is 10.3. The van der Waals surface area contributed by atoms with Gasteiger partial charge in [-0.3, -0.25) is 9.59 Å². The van der Waals surface area contributed by atoms with E-state index < -0.39 is 18.2 Å². The van der Waals surface area contributed by atoms with E-state index in [0.29, 0.717) is 42.2 Å². The number of nitrogens with two attached hydrogens (primary N) is 1. The molecular formula is C42H44N8O4S. The molecule has 55 heavy (non-hydrogen) atoms. The lowest BCUT2D eigenvalue weighted by molar-refractivity contribution is -0.139. The van der Waals surface area contributed by atoms with Crippen LogP contribution in [0.2, 0.25) is 0 Å². The lowest BCUT2D eigenvalue weighted by Crippen LogP contribution is -2.54. The highest BCUT2D eigenvalue weighted by Crippen LogP contribution is 2.37. The third kappa shape index (κ3) is 9.52. The average Bonchev–Trinajstić information content (AvgIpc) is 3.68. The number of carbonyl (C=O) groups excluding carboxylic acids is 3. The van der Waals surface area contributed by atoms with Crippen LogP contribution in [0.4, 0.5) is 27.7 Å². The number of nitrogens with zero attached hydrogens (tertiary/aromatic N) is 4. The maximum atomic E-state index is 13.4. The molecule has 1 aliphatic rings. The van der Waals surface area contributed by atoms with Gasteiger partial charge in [0, 0.05) is 44.5 Å². The summed E-state index contributed by atoms with van der Waals surface area (Å²) in [6, 6.07) is 23.5. The number of alkyl carbamates (subject to hydrolysis) is 1. The number of ether oxygens (including phenoxy) is 1. The zero-order valence-corrected chi connectivity index (χ0v) is 32.2. The molecule has 0 unspecified atom stereocenters. The monoisotopic (exact) mass is 756 g/mol. The van der Waals surface area contributed by atoms with Crippen LogP contribution in [-0.2, 0) is 14.3 Å². The number of carbonyl (C=O) groups is 3. The van der Waals surface area contributed by atoms with Gasteiger partial charge in [-0.2, -0.15) is 0 Å². The van der Waals surface area contributed by atoms with E-state index in [0.717, 1.165) is 37.7 Å². The Bertz CT molecular complexity index is 2250. The van der Waals surface area contributed by atoms with Crippen LogP contribution >= 0.6 is 11.8 Å². The first-order chi connectivity index (χ1) is 26.5. The molecule has 0 bridgehead atoms. The highest BCUT2D eigenvalue weighted by atomic mass is 32.2. The van der Waals surface area contributed by atoms with Gasteiger partial charge in [0.15, 0.2) is 5.65 Å². The zero-order valence-electron chi connectivity index (χ0n) is 31.4. The first-order valence-electron chi connectivity index (χ1n) is 18.1. The Balaban J connectivity index is 1.19. The SMILES string of the molecule is COC(=O)N[C@H](C(=O)N1CCC[C@H]1C(=O)Nc1ccc(C#Cc2ccc(Sc3ccc(N)cc3)c(Nc3ncnc4nc(C(C)C)ccc34)c2)cc1)C(C)C. The molecule has 12 nitrogen and oxygen atoms in total. The first kappa shape index (κ1) is 38.6. The van der Waals surface area contributed by atoms with E-state index in [1.807, 2.05) is 80.6 Å². The van der Waals surface area contributed by atoms with E-state index in [2.05, 4.69) is 51.6 Å². The topological polar surface area (TPSA) is 164 Å². The van der Waals surface area contributed by atoms with Crippen LogP contribution in [0.3, 0.4) is 0 Å². The predicted molar refractivity (Wildman–Crippen MR) is 216 cm³/mol. The van der Waals surface area contributed by atoms with Crippen molar-refractivity contribution >= 4 is 63.6 Å². The molecule has 2 atom stereocenters. The van der Waals surface area contributed by atoms with Crippen molar-refractivity contribution in [3.8, 4) is 11.8 Å².